The van der Waals surface area contributed by atoms with Gasteiger partial charge in [0.1, 0.15) is 11.4 Å². The number of nitrogens with one attached hydrogen (secondary N) is 1. The first kappa shape index (κ1) is 16.0. The van der Waals surface area contributed by atoms with Crippen molar-refractivity contribution in [3.8, 4) is 0 Å². The van der Waals surface area contributed by atoms with E-state index in [2.05, 4.69) is 5.32 Å². The Morgan fingerprint density at radius 2 is 2.25 bits per heavy atom. The van der Waals surface area contributed by atoms with Crippen molar-refractivity contribution >= 4 is 11.6 Å². The van der Waals surface area contributed by atoms with Gasteiger partial charge in [0.25, 0.3) is 11.6 Å². The van der Waals surface area contributed by atoms with E-state index in [0.29, 0.717) is 6.42 Å². The molecule has 0 aliphatic heterocycles. The Labute approximate surface area is 115 Å². The summed E-state index contributed by atoms with van der Waals surface area (Å²) in [5.74, 6) is -1.31. The summed E-state index contributed by atoms with van der Waals surface area (Å²) in [6.07, 6.45) is 1.29. The number of rotatable bonds is 7. The van der Waals surface area contributed by atoms with Crippen molar-refractivity contribution in [2.75, 3.05) is 13.2 Å². The van der Waals surface area contributed by atoms with Gasteiger partial charge in [-0.3, -0.25) is 14.9 Å². The molecule has 0 bridgehead atoms. The van der Waals surface area contributed by atoms with Gasteiger partial charge in [0, 0.05) is 19.2 Å². The predicted octanol–water partition coefficient (Wildman–Crippen LogP) is 1.87. The van der Waals surface area contributed by atoms with Crippen LogP contribution in [0.3, 0.4) is 0 Å². The Morgan fingerprint density at radius 3 is 2.80 bits per heavy atom. The maximum absolute atomic E-state index is 13.1. The van der Waals surface area contributed by atoms with Crippen LogP contribution in [-0.4, -0.2) is 29.1 Å². The summed E-state index contributed by atoms with van der Waals surface area (Å²) in [6, 6.07) is 2.76. The Hall–Kier alpha value is -2.02. The van der Waals surface area contributed by atoms with Gasteiger partial charge in [0.05, 0.1) is 4.92 Å². The van der Waals surface area contributed by atoms with E-state index >= 15 is 0 Å². The molecule has 20 heavy (non-hydrogen) atoms. The van der Waals surface area contributed by atoms with Crippen LogP contribution in [0.15, 0.2) is 18.2 Å². The summed E-state index contributed by atoms with van der Waals surface area (Å²) in [5.41, 5.74) is -0.729. The van der Waals surface area contributed by atoms with Crippen LogP contribution in [0.2, 0.25) is 0 Å². The zero-order valence-electron chi connectivity index (χ0n) is 11.1. The summed E-state index contributed by atoms with van der Waals surface area (Å²) >= 11 is 0. The number of amides is 1. The smallest absolute Gasteiger partial charge is 0.282 e. The molecule has 1 atom stereocenters. The molecule has 0 aliphatic rings. The number of nitro groups is 1. The molecular weight excluding hydrogens is 267 g/mol. The third-order valence-corrected chi connectivity index (χ3v) is 3.07. The number of hydrogen-bond donors (Lipinski definition) is 2. The van der Waals surface area contributed by atoms with E-state index in [4.69, 9.17) is 5.11 Å². The van der Waals surface area contributed by atoms with Gasteiger partial charge in [0.2, 0.25) is 0 Å². The number of hydrogen-bond acceptors (Lipinski definition) is 4. The number of benzene rings is 1. The molecular formula is C13H17FN2O4. The topological polar surface area (TPSA) is 92.5 Å². The van der Waals surface area contributed by atoms with Crippen LogP contribution >= 0.6 is 0 Å². The highest BCUT2D eigenvalue weighted by Gasteiger charge is 2.21. The van der Waals surface area contributed by atoms with Crippen LogP contribution in [0.25, 0.3) is 0 Å². The van der Waals surface area contributed by atoms with Crippen molar-refractivity contribution in [3.63, 3.8) is 0 Å². The number of carbonyl (C=O) groups is 1. The van der Waals surface area contributed by atoms with Crippen molar-refractivity contribution in [1.29, 1.82) is 0 Å². The minimum absolute atomic E-state index is 0.00842. The average molecular weight is 284 g/mol. The third kappa shape index (κ3) is 4.27. The van der Waals surface area contributed by atoms with Gasteiger partial charge >= 0.3 is 0 Å². The Balaban J connectivity index is 2.81. The number of halogens is 1. The Bertz CT molecular complexity index is 493. The zero-order chi connectivity index (χ0) is 15.1. The summed E-state index contributed by atoms with van der Waals surface area (Å²) in [4.78, 5) is 22.0. The highest BCUT2D eigenvalue weighted by molar-refractivity contribution is 5.98. The molecule has 0 radical (unpaired) electrons. The second kappa shape index (κ2) is 7.54. The normalized spacial score (nSPS) is 11.9. The molecule has 1 amide bonds. The fraction of sp³-hybridized carbons (Fsp3) is 0.462. The lowest BCUT2D eigenvalue weighted by Gasteiger charge is -2.14. The molecule has 0 spiro atoms. The van der Waals surface area contributed by atoms with E-state index in [1.54, 1.807) is 0 Å². The van der Waals surface area contributed by atoms with Gasteiger partial charge in [-0.25, -0.2) is 4.39 Å². The van der Waals surface area contributed by atoms with Crippen molar-refractivity contribution in [2.24, 2.45) is 5.92 Å². The summed E-state index contributed by atoms with van der Waals surface area (Å²) < 4.78 is 13.1. The molecule has 0 saturated heterocycles. The van der Waals surface area contributed by atoms with Crippen LogP contribution in [0, 0.1) is 21.8 Å². The van der Waals surface area contributed by atoms with E-state index in [9.17, 15) is 19.3 Å². The fourth-order valence-electron chi connectivity index (χ4n) is 1.81. The molecule has 1 unspecified atom stereocenters. The van der Waals surface area contributed by atoms with Crippen molar-refractivity contribution < 1.29 is 19.2 Å². The summed E-state index contributed by atoms with van der Waals surface area (Å²) in [7, 11) is 0. The first-order chi connectivity index (χ1) is 9.49. The van der Waals surface area contributed by atoms with Gasteiger partial charge in [-0.15, -0.1) is 0 Å². The first-order valence-corrected chi connectivity index (χ1v) is 6.32. The number of nitro benzene ring substituents is 1. The maximum atomic E-state index is 13.1. The largest absolute Gasteiger partial charge is 0.396 e. The van der Waals surface area contributed by atoms with Crippen molar-refractivity contribution in [3.05, 3.63) is 39.7 Å². The second-order valence-corrected chi connectivity index (χ2v) is 4.42. The molecule has 1 rings (SSSR count). The van der Waals surface area contributed by atoms with Gasteiger partial charge in [-0.05, 0) is 24.5 Å². The fourth-order valence-corrected chi connectivity index (χ4v) is 1.81. The monoisotopic (exact) mass is 284 g/mol. The molecule has 6 nitrogen and oxygen atoms in total. The van der Waals surface area contributed by atoms with Crippen LogP contribution in [0.5, 0.6) is 0 Å². The lowest BCUT2D eigenvalue weighted by molar-refractivity contribution is -0.385. The van der Waals surface area contributed by atoms with Crippen LogP contribution < -0.4 is 5.32 Å². The zero-order valence-corrected chi connectivity index (χ0v) is 11.1. The van der Waals surface area contributed by atoms with E-state index in [0.717, 1.165) is 24.6 Å². The maximum Gasteiger partial charge on any atom is 0.282 e. The molecule has 1 aromatic rings. The third-order valence-electron chi connectivity index (χ3n) is 3.07. The Morgan fingerprint density at radius 1 is 1.55 bits per heavy atom. The standard InChI is InChI=1S/C13H17FN2O4/c1-2-9(5-6-17)8-15-13(18)11-7-10(14)3-4-12(11)16(19)20/h3-4,7,9,17H,2,5-6,8H2,1H3,(H,15,18). The van der Waals surface area contributed by atoms with E-state index in [1.165, 1.54) is 0 Å². The number of aliphatic hydroxyl groups is 1. The molecule has 0 fully saturated rings. The molecule has 110 valence electrons. The number of nitrogens with zero attached hydrogens (tertiary/aromatic N) is 1. The lowest BCUT2D eigenvalue weighted by Crippen LogP contribution is -2.30. The minimum atomic E-state index is -0.723. The minimum Gasteiger partial charge on any atom is -0.396 e. The highest BCUT2D eigenvalue weighted by atomic mass is 19.1. The molecule has 0 heterocycles. The lowest BCUT2D eigenvalue weighted by atomic mass is 10.0. The molecule has 0 saturated carbocycles. The number of aliphatic hydroxyl groups excluding tert-OH is 1. The molecule has 0 aromatic heterocycles. The molecule has 7 heteroatoms. The van der Waals surface area contributed by atoms with Gasteiger partial charge in [-0.1, -0.05) is 13.3 Å². The quantitative estimate of drug-likeness (QED) is 0.590. The Kier molecular flexibility index (Phi) is 6.05. The summed E-state index contributed by atoms with van der Waals surface area (Å²) in [6.45, 7) is 2.20. The van der Waals surface area contributed by atoms with Gasteiger partial charge in [0.15, 0.2) is 0 Å². The van der Waals surface area contributed by atoms with Gasteiger partial charge < -0.3 is 10.4 Å². The van der Waals surface area contributed by atoms with Crippen LogP contribution in [-0.2, 0) is 0 Å². The molecule has 2 N–H and O–H groups in total. The SMILES string of the molecule is CCC(CCO)CNC(=O)c1cc(F)ccc1[N+](=O)[O-]. The van der Waals surface area contributed by atoms with Gasteiger partial charge in [-0.2, -0.15) is 0 Å². The second-order valence-electron chi connectivity index (χ2n) is 4.42. The van der Waals surface area contributed by atoms with E-state index in [-0.39, 0.29) is 24.6 Å². The molecule has 0 aliphatic carbocycles. The van der Waals surface area contributed by atoms with E-state index in [1.807, 2.05) is 6.92 Å². The van der Waals surface area contributed by atoms with E-state index < -0.39 is 22.3 Å². The number of carbonyl (C=O) groups excluding carboxylic acids is 1. The molecule has 1 aromatic carbocycles. The van der Waals surface area contributed by atoms with Crippen LogP contribution in [0.1, 0.15) is 30.1 Å². The predicted molar refractivity (Wildman–Crippen MR) is 70.9 cm³/mol. The average Bonchev–Trinajstić information content (AvgIpc) is 2.42. The van der Waals surface area contributed by atoms with Crippen molar-refractivity contribution in [2.45, 2.75) is 19.8 Å². The first-order valence-electron chi connectivity index (χ1n) is 6.32. The van der Waals surface area contributed by atoms with Crippen LogP contribution in [0.4, 0.5) is 10.1 Å². The van der Waals surface area contributed by atoms with Crippen molar-refractivity contribution in [1.82, 2.24) is 5.32 Å². The summed E-state index contributed by atoms with van der Waals surface area (Å²) in [5, 5.41) is 22.2. The highest BCUT2D eigenvalue weighted by Crippen LogP contribution is 2.19.